The standard InChI is InChI=1S/2C35H30F3N3O2.3ClH/c36-25-6-1-21(2-7-25)28-15-23(5-10-34(28)42-26-11-13-39-19-26)32-9-4-24-17-35(43-27-12-14-40-20-27)29(18-33(24)41-32)22-3-8-30(37)31(38)16-22;36-26-5-1-21(2-6-26)29-14-22(4-8-34(29)42-27-9-11-39-19-27)25-13-24-15-30(23-3-7-31(37)32(38)16-23)35(17-33(24)41-18-25)43-28-10-12-40-20-28;;;/h1-10,15-18,26-27,39-40H,11-14,19-20H2;1-8,13-18,27-28,39-40H,9-12,19-20H2;3*1H/p+2/t26-,27-;27-,28-;;;/m00.../s1. The highest BCUT2D eigenvalue weighted by Gasteiger charge is 2.27. The molecule has 2 aromatic heterocycles. The van der Waals surface area contributed by atoms with Crippen LogP contribution in [0, 0.1) is 34.9 Å². The minimum Gasteiger partial charge on any atom is -1.00 e. The maximum Gasteiger partial charge on any atom is 0.159 e. The zero-order valence-corrected chi connectivity index (χ0v) is 50.6. The number of nitrogens with two attached hydrogens (primary N) is 4. The Morgan fingerprint density at radius 3 is 1.25 bits per heavy atom. The molecule has 10 aromatic rings. The van der Waals surface area contributed by atoms with Crippen LogP contribution in [0.15, 0.2) is 170 Å². The lowest BCUT2D eigenvalue weighted by Crippen LogP contribution is -3.00. The molecule has 0 amide bonds. The zero-order valence-electron chi connectivity index (χ0n) is 48.2. The quantitative estimate of drug-likeness (QED) is 0.118. The second kappa shape index (κ2) is 28.7. The highest BCUT2D eigenvalue weighted by atomic mass is 35.5. The lowest BCUT2D eigenvalue weighted by molar-refractivity contribution is -0.638. The van der Waals surface area contributed by atoms with Crippen molar-refractivity contribution in [2.45, 2.75) is 50.1 Å². The second-order valence-electron chi connectivity index (χ2n) is 22.6. The molecule has 8 aromatic carbocycles. The Kier molecular flexibility index (Phi) is 20.7. The molecular formula is C70H65Cl3F6N6O4+2. The lowest BCUT2D eigenvalue weighted by atomic mass is 9.97. The van der Waals surface area contributed by atoms with Crippen molar-refractivity contribution >= 4 is 34.2 Å². The fraction of sp³-hybridized carbons (Fsp3) is 0.229. The molecule has 14 rings (SSSR count). The molecule has 6 heterocycles. The van der Waals surface area contributed by atoms with Crippen LogP contribution in [0.2, 0.25) is 0 Å². The maximum absolute atomic E-state index is 14.3. The Morgan fingerprint density at radius 2 is 0.764 bits per heavy atom. The molecule has 0 unspecified atom stereocenters. The minimum atomic E-state index is -0.911. The van der Waals surface area contributed by atoms with Crippen LogP contribution in [-0.2, 0) is 0 Å². The van der Waals surface area contributed by atoms with Crippen LogP contribution in [0.3, 0.4) is 0 Å². The van der Waals surface area contributed by atoms with Gasteiger partial charge in [-0.3, -0.25) is 4.98 Å². The topological polar surface area (TPSA) is 129 Å². The van der Waals surface area contributed by atoms with Gasteiger partial charge in [-0.2, -0.15) is 0 Å². The molecule has 4 aliphatic heterocycles. The number of rotatable bonds is 14. The van der Waals surface area contributed by atoms with Crippen molar-refractivity contribution in [2.75, 3.05) is 52.4 Å². The summed E-state index contributed by atoms with van der Waals surface area (Å²) >= 11 is 0. The average Bonchev–Trinajstić information content (AvgIpc) is 1.26. The summed E-state index contributed by atoms with van der Waals surface area (Å²) in [5.74, 6) is -1.46. The highest BCUT2D eigenvalue weighted by Crippen LogP contribution is 2.42. The number of hydrogen-bond donors (Lipinski definition) is 4. The summed E-state index contributed by atoms with van der Waals surface area (Å²) in [6.45, 7) is 7.56. The first-order valence-electron chi connectivity index (χ1n) is 29.5. The number of fused-ring (bicyclic) bond motifs is 2. The van der Waals surface area contributed by atoms with E-state index in [-0.39, 0.29) is 73.3 Å². The van der Waals surface area contributed by atoms with E-state index in [9.17, 15) is 26.3 Å². The van der Waals surface area contributed by atoms with Crippen LogP contribution >= 0.6 is 12.4 Å². The second-order valence-corrected chi connectivity index (χ2v) is 22.6. The molecule has 8 N–H and O–H groups in total. The van der Waals surface area contributed by atoms with Crippen molar-refractivity contribution < 1.29 is 91.4 Å². The van der Waals surface area contributed by atoms with Crippen LogP contribution in [0.25, 0.3) is 88.7 Å². The van der Waals surface area contributed by atoms with Gasteiger partial charge in [0.15, 0.2) is 47.7 Å². The predicted octanol–water partition coefficient (Wildman–Crippen LogP) is 4.59. The number of pyridine rings is 2. The number of benzene rings is 8. The number of nitrogens with zero attached hydrogens (tertiary/aromatic N) is 2. The third-order valence-corrected chi connectivity index (χ3v) is 16.6. The molecule has 460 valence electrons. The minimum absolute atomic E-state index is 0. The van der Waals surface area contributed by atoms with E-state index in [4.69, 9.17) is 28.9 Å². The summed E-state index contributed by atoms with van der Waals surface area (Å²) in [7, 11) is 0. The van der Waals surface area contributed by atoms with E-state index in [0.717, 1.165) is 163 Å². The third kappa shape index (κ3) is 14.7. The molecule has 0 saturated carbocycles. The first-order chi connectivity index (χ1) is 42.0. The maximum atomic E-state index is 14.3. The number of hydrogen-bond acceptors (Lipinski definition) is 6. The monoisotopic (exact) mass is 1270 g/mol. The first-order valence-corrected chi connectivity index (χ1v) is 29.5. The number of quaternary nitrogens is 4. The number of ether oxygens (including phenoxy) is 4. The van der Waals surface area contributed by atoms with Crippen LogP contribution in [0.4, 0.5) is 26.3 Å². The van der Waals surface area contributed by atoms with Gasteiger partial charge >= 0.3 is 0 Å². The van der Waals surface area contributed by atoms with Gasteiger partial charge in [0.25, 0.3) is 0 Å². The van der Waals surface area contributed by atoms with Crippen LogP contribution < -0.4 is 65.0 Å². The van der Waals surface area contributed by atoms with Crippen molar-refractivity contribution in [1.29, 1.82) is 0 Å². The summed E-state index contributed by atoms with van der Waals surface area (Å²) in [5.41, 5.74) is 10.7. The van der Waals surface area contributed by atoms with Gasteiger partial charge in [-0.25, -0.2) is 31.3 Å². The van der Waals surface area contributed by atoms with E-state index in [1.165, 1.54) is 36.4 Å². The lowest BCUT2D eigenvalue weighted by Gasteiger charge is -2.18. The normalized spacial score (nSPS) is 17.7. The molecule has 0 bridgehead atoms. The molecule has 10 nitrogen and oxygen atoms in total. The third-order valence-electron chi connectivity index (χ3n) is 16.6. The van der Waals surface area contributed by atoms with Crippen LogP contribution in [0.5, 0.6) is 23.0 Å². The smallest absolute Gasteiger partial charge is 0.159 e. The zero-order chi connectivity index (χ0) is 58.7. The van der Waals surface area contributed by atoms with E-state index in [0.29, 0.717) is 39.3 Å². The van der Waals surface area contributed by atoms with Crippen LogP contribution in [0.1, 0.15) is 25.7 Å². The molecule has 4 saturated heterocycles. The molecule has 4 fully saturated rings. The summed E-state index contributed by atoms with van der Waals surface area (Å²) in [6, 6.07) is 46.3. The average molecular weight is 1270 g/mol. The van der Waals surface area contributed by atoms with E-state index in [1.54, 1.807) is 36.4 Å². The molecular weight excluding hydrogens is 1210 g/mol. The van der Waals surface area contributed by atoms with Gasteiger partial charge in [-0.05, 0) is 137 Å². The molecule has 19 heteroatoms. The Morgan fingerprint density at radius 1 is 0.337 bits per heavy atom. The van der Waals surface area contributed by atoms with Gasteiger partial charge in [0.05, 0.1) is 42.9 Å². The van der Waals surface area contributed by atoms with Gasteiger partial charge in [0, 0.05) is 82.1 Å². The van der Waals surface area contributed by atoms with Crippen molar-refractivity contribution in [1.82, 2.24) is 9.97 Å². The highest BCUT2D eigenvalue weighted by molar-refractivity contribution is 5.92. The van der Waals surface area contributed by atoms with E-state index in [2.05, 4.69) is 27.3 Å². The number of aromatic nitrogens is 2. The molecule has 0 aliphatic carbocycles. The molecule has 4 aliphatic rings. The summed E-state index contributed by atoms with van der Waals surface area (Å²) < 4.78 is 109. The summed E-state index contributed by atoms with van der Waals surface area (Å²) in [4.78, 5) is 9.76. The van der Waals surface area contributed by atoms with Crippen molar-refractivity contribution in [3.05, 3.63) is 205 Å². The van der Waals surface area contributed by atoms with Gasteiger partial charge in [-0.15, -0.1) is 12.4 Å². The van der Waals surface area contributed by atoms with Gasteiger partial charge in [-0.1, -0.05) is 48.5 Å². The fourth-order valence-electron chi connectivity index (χ4n) is 12.0. The Balaban J connectivity index is 0.000000190. The molecule has 89 heavy (non-hydrogen) atoms. The van der Waals surface area contributed by atoms with Crippen molar-refractivity contribution in [3.8, 4) is 89.9 Å². The Bertz CT molecular complexity index is 3850. The first kappa shape index (κ1) is 64.1. The van der Waals surface area contributed by atoms with Gasteiger partial charge in [0.1, 0.15) is 60.8 Å². The number of halogens is 9. The predicted molar refractivity (Wildman–Crippen MR) is 326 cm³/mol. The SMILES string of the molecule is Cl.Fc1ccc(-c2cc(-c3ccc4cc(O[C@H]5CC[NH2+]C5)c(-c5ccc(F)c(F)c5)cc4n3)ccc2O[C@H]2CC[NH2+]C2)cc1.Fc1ccc(-c2cc(-c3cnc4cc(O[C@H]5CC[NH2+]C5)c(-c5ccc(F)c(F)c5)cc4c3)ccc2O[C@H]2CC[NH2+]C2)cc1.[Cl-].[Cl-]. The molecule has 0 spiro atoms. The molecule has 0 radical (unpaired) electrons. The summed E-state index contributed by atoms with van der Waals surface area (Å²) in [5, 5.41) is 10.6. The van der Waals surface area contributed by atoms with E-state index < -0.39 is 23.3 Å². The Hall–Kier alpha value is -7.93. The largest absolute Gasteiger partial charge is 1.00 e. The Labute approximate surface area is 530 Å². The fourth-order valence-corrected chi connectivity index (χ4v) is 12.0. The van der Waals surface area contributed by atoms with Gasteiger partial charge in [0.2, 0.25) is 0 Å². The van der Waals surface area contributed by atoms with Crippen molar-refractivity contribution in [3.63, 3.8) is 0 Å². The summed E-state index contributed by atoms with van der Waals surface area (Å²) in [6.07, 6.45) is 5.93. The molecule has 4 atom stereocenters. The van der Waals surface area contributed by atoms with Crippen molar-refractivity contribution in [2.24, 2.45) is 0 Å². The van der Waals surface area contributed by atoms with E-state index in [1.807, 2.05) is 79.0 Å². The van der Waals surface area contributed by atoms with E-state index >= 15 is 0 Å². The van der Waals surface area contributed by atoms with Gasteiger partial charge < -0.3 is 65.0 Å². The van der Waals surface area contributed by atoms with Crippen LogP contribution in [-0.4, -0.2) is 86.7 Å².